The molecule has 5 aromatic rings. The number of hydrogen-bond donors (Lipinski definition) is 0. The van der Waals surface area contributed by atoms with E-state index in [2.05, 4.69) is 4.99 Å². The SMILES string of the molecule is COC(=O)CCn1c(=NC(=O)c2cc3c(ccc4ccccc43)oc2=O)sc2cc3c(cc21)OCO3. The molecule has 0 spiro atoms. The summed E-state index contributed by atoms with van der Waals surface area (Å²) < 4.78 is 23.7. The summed E-state index contributed by atoms with van der Waals surface area (Å²) in [5.41, 5.74) is 0.163. The number of ether oxygens (including phenoxy) is 3. The summed E-state index contributed by atoms with van der Waals surface area (Å²) in [6.07, 6.45) is 0.0717. The molecule has 10 heteroatoms. The van der Waals surface area contributed by atoms with Crippen molar-refractivity contribution in [3.8, 4) is 11.5 Å². The Kier molecular flexibility index (Phi) is 5.30. The van der Waals surface area contributed by atoms with E-state index in [1.54, 1.807) is 22.8 Å². The summed E-state index contributed by atoms with van der Waals surface area (Å²) in [6, 6.07) is 16.3. The maximum Gasteiger partial charge on any atom is 0.349 e. The first-order valence-corrected chi connectivity index (χ1v) is 11.9. The molecular formula is C26H18N2O7S. The van der Waals surface area contributed by atoms with Crippen molar-refractivity contribution in [3.63, 3.8) is 0 Å². The van der Waals surface area contributed by atoms with Gasteiger partial charge in [-0.05, 0) is 22.9 Å². The lowest BCUT2D eigenvalue weighted by molar-refractivity contribution is -0.140. The average Bonchev–Trinajstić information content (AvgIpc) is 3.48. The molecule has 0 saturated heterocycles. The van der Waals surface area contributed by atoms with Crippen LogP contribution in [0.2, 0.25) is 0 Å². The zero-order valence-corrected chi connectivity index (χ0v) is 19.8. The maximum atomic E-state index is 13.3. The number of benzene rings is 3. The van der Waals surface area contributed by atoms with Gasteiger partial charge in [-0.1, -0.05) is 41.7 Å². The number of hydrogen-bond acceptors (Lipinski definition) is 8. The molecule has 0 N–H and O–H groups in total. The minimum Gasteiger partial charge on any atom is -0.469 e. The predicted molar refractivity (Wildman–Crippen MR) is 132 cm³/mol. The maximum absolute atomic E-state index is 13.3. The van der Waals surface area contributed by atoms with Crippen LogP contribution in [-0.4, -0.2) is 30.3 Å². The molecule has 2 aromatic heterocycles. The van der Waals surface area contributed by atoms with Gasteiger partial charge >= 0.3 is 11.6 Å². The van der Waals surface area contributed by atoms with Crippen LogP contribution in [0.3, 0.4) is 0 Å². The Balaban J connectivity index is 1.50. The van der Waals surface area contributed by atoms with E-state index in [0.29, 0.717) is 27.3 Å². The second kappa shape index (κ2) is 8.65. The van der Waals surface area contributed by atoms with Gasteiger partial charge in [-0.3, -0.25) is 9.59 Å². The molecule has 0 atom stereocenters. The number of thiazole rings is 1. The van der Waals surface area contributed by atoms with Crippen LogP contribution in [0.25, 0.3) is 32.0 Å². The number of carbonyl (C=O) groups is 2. The van der Waals surface area contributed by atoms with E-state index < -0.39 is 17.5 Å². The number of amides is 1. The highest BCUT2D eigenvalue weighted by Gasteiger charge is 2.20. The first kappa shape index (κ1) is 22.1. The summed E-state index contributed by atoms with van der Waals surface area (Å²) in [4.78, 5) is 42.4. The fourth-order valence-electron chi connectivity index (χ4n) is 4.23. The molecule has 180 valence electrons. The molecule has 0 fully saturated rings. The van der Waals surface area contributed by atoms with Crippen molar-refractivity contribution in [1.29, 1.82) is 0 Å². The highest BCUT2D eigenvalue weighted by molar-refractivity contribution is 7.16. The largest absolute Gasteiger partial charge is 0.469 e. The van der Waals surface area contributed by atoms with Crippen LogP contribution in [0.4, 0.5) is 0 Å². The van der Waals surface area contributed by atoms with E-state index >= 15 is 0 Å². The Hall–Kier alpha value is -4.44. The van der Waals surface area contributed by atoms with E-state index in [4.69, 9.17) is 18.6 Å². The third kappa shape index (κ3) is 3.72. The molecule has 3 aromatic carbocycles. The van der Waals surface area contributed by atoms with Gasteiger partial charge in [0.25, 0.3) is 5.91 Å². The standard InChI is InChI=1S/C26H18N2O7S/c1-32-23(29)8-9-28-18-11-20-21(34-13-33-20)12-22(18)36-26(28)27-24(30)17-10-16-15-5-3-2-4-14(15)6-7-19(16)35-25(17)31/h2-7,10-12H,8-9,13H2,1H3. The van der Waals surface area contributed by atoms with Crippen LogP contribution >= 0.6 is 11.3 Å². The third-order valence-electron chi connectivity index (χ3n) is 6.01. The second-order valence-electron chi connectivity index (χ2n) is 8.10. The van der Waals surface area contributed by atoms with Gasteiger partial charge < -0.3 is 23.2 Å². The lowest BCUT2D eigenvalue weighted by atomic mass is 10.0. The molecule has 1 aliphatic heterocycles. The average molecular weight is 503 g/mol. The monoisotopic (exact) mass is 502 g/mol. The Bertz CT molecular complexity index is 1830. The van der Waals surface area contributed by atoms with Crippen molar-refractivity contribution in [2.45, 2.75) is 13.0 Å². The second-order valence-corrected chi connectivity index (χ2v) is 9.11. The Labute approximate surface area is 206 Å². The highest BCUT2D eigenvalue weighted by Crippen LogP contribution is 2.37. The molecular weight excluding hydrogens is 484 g/mol. The van der Waals surface area contributed by atoms with E-state index in [1.165, 1.54) is 24.5 Å². The molecule has 9 nitrogen and oxygen atoms in total. The molecule has 36 heavy (non-hydrogen) atoms. The summed E-state index contributed by atoms with van der Waals surface area (Å²) >= 11 is 1.24. The molecule has 1 aliphatic rings. The first-order chi connectivity index (χ1) is 17.5. The molecule has 1 amide bonds. The Morgan fingerprint density at radius 2 is 1.86 bits per heavy atom. The van der Waals surface area contributed by atoms with Crippen LogP contribution in [-0.2, 0) is 16.1 Å². The summed E-state index contributed by atoms with van der Waals surface area (Å²) in [7, 11) is 1.31. The third-order valence-corrected chi connectivity index (χ3v) is 7.05. The number of nitrogens with zero attached hydrogens (tertiary/aromatic N) is 2. The summed E-state index contributed by atoms with van der Waals surface area (Å²) in [5.74, 6) is 0.00904. The van der Waals surface area contributed by atoms with Gasteiger partial charge in [0, 0.05) is 24.1 Å². The summed E-state index contributed by atoms with van der Waals surface area (Å²) in [5, 5.41) is 2.46. The van der Waals surface area contributed by atoms with Gasteiger partial charge in [0.15, 0.2) is 16.3 Å². The van der Waals surface area contributed by atoms with Gasteiger partial charge in [0.05, 0.1) is 23.7 Å². The molecule has 6 rings (SSSR count). The van der Waals surface area contributed by atoms with E-state index in [1.807, 2.05) is 30.3 Å². The van der Waals surface area contributed by atoms with Gasteiger partial charge in [-0.2, -0.15) is 4.99 Å². The number of fused-ring (bicyclic) bond motifs is 5. The van der Waals surface area contributed by atoms with Gasteiger partial charge in [-0.25, -0.2) is 4.79 Å². The van der Waals surface area contributed by atoms with Crippen molar-refractivity contribution in [1.82, 2.24) is 4.57 Å². The van der Waals surface area contributed by atoms with Gasteiger partial charge in [0.2, 0.25) is 6.79 Å². The number of aryl methyl sites for hydroxylation is 1. The van der Waals surface area contributed by atoms with Crippen LogP contribution in [0.15, 0.2) is 68.8 Å². The molecule has 0 aliphatic carbocycles. The van der Waals surface area contributed by atoms with E-state index in [9.17, 15) is 14.4 Å². The van der Waals surface area contributed by atoms with Crippen LogP contribution in [0.1, 0.15) is 16.8 Å². The normalized spacial score (nSPS) is 13.1. The van der Waals surface area contributed by atoms with Crippen molar-refractivity contribution in [2.24, 2.45) is 4.99 Å². The molecule has 0 radical (unpaired) electrons. The van der Waals surface area contributed by atoms with Crippen LogP contribution in [0.5, 0.6) is 11.5 Å². The number of methoxy groups -OCH3 is 1. The topological polar surface area (TPSA) is 109 Å². The van der Waals surface area contributed by atoms with Crippen molar-refractivity contribution in [3.05, 3.63) is 75.4 Å². The van der Waals surface area contributed by atoms with E-state index in [-0.39, 0.29) is 25.3 Å². The fraction of sp³-hybridized carbons (Fsp3) is 0.154. The number of esters is 1. The Morgan fingerprint density at radius 1 is 1.06 bits per heavy atom. The summed E-state index contributed by atoms with van der Waals surface area (Å²) in [6.45, 7) is 0.340. The van der Waals surface area contributed by atoms with Gasteiger partial charge in [-0.15, -0.1) is 0 Å². The smallest absolute Gasteiger partial charge is 0.349 e. The fourth-order valence-corrected chi connectivity index (χ4v) is 5.30. The van der Waals surface area contributed by atoms with Crippen molar-refractivity contribution >= 4 is 55.2 Å². The van der Waals surface area contributed by atoms with E-state index in [0.717, 1.165) is 21.0 Å². The molecule has 0 unspecified atom stereocenters. The zero-order chi connectivity index (χ0) is 24.8. The molecule has 0 saturated carbocycles. The van der Waals surface area contributed by atoms with Gasteiger partial charge in [0.1, 0.15) is 11.1 Å². The molecule has 0 bridgehead atoms. The molecule has 3 heterocycles. The zero-order valence-electron chi connectivity index (χ0n) is 19.0. The Morgan fingerprint density at radius 3 is 2.69 bits per heavy atom. The van der Waals surface area contributed by atoms with Crippen molar-refractivity contribution < 1.29 is 28.2 Å². The highest BCUT2D eigenvalue weighted by atomic mass is 32.1. The lowest BCUT2D eigenvalue weighted by Gasteiger charge is -2.05. The number of carbonyl (C=O) groups excluding carboxylic acids is 2. The number of rotatable bonds is 4. The van der Waals surface area contributed by atoms with Crippen molar-refractivity contribution in [2.75, 3.05) is 13.9 Å². The van der Waals surface area contributed by atoms with Crippen LogP contribution in [0, 0.1) is 0 Å². The first-order valence-electron chi connectivity index (χ1n) is 11.1. The van der Waals surface area contributed by atoms with Crippen LogP contribution < -0.4 is 19.9 Å². The quantitative estimate of drug-likeness (QED) is 0.208. The number of aromatic nitrogens is 1. The lowest BCUT2D eigenvalue weighted by Crippen LogP contribution is -2.21. The minimum absolute atomic E-state index is 0.0717. The minimum atomic E-state index is -0.769. The predicted octanol–water partition coefficient (Wildman–Crippen LogP) is 4.00.